The molecule has 0 bridgehead atoms. The van der Waals surface area contributed by atoms with E-state index in [-0.39, 0.29) is 5.33 Å². The molecule has 0 radical (unpaired) electrons. The molecule has 0 heterocycles. The van der Waals surface area contributed by atoms with Crippen molar-refractivity contribution >= 4 is 21.9 Å². The molecule has 0 saturated heterocycles. The van der Waals surface area contributed by atoms with Gasteiger partial charge in [-0.1, -0.05) is 28.1 Å². The smallest absolute Gasteiger partial charge is 0.337 e. The monoisotopic (exact) mass is 288 g/mol. The summed E-state index contributed by atoms with van der Waals surface area (Å²) in [6.45, 7) is 0. The van der Waals surface area contributed by atoms with E-state index < -0.39 is 18.2 Å². The van der Waals surface area contributed by atoms with Crippen molar-refractivity contribution in [3.05, 3.63) is 35.4 Å². The van der Waals surface area contributed by atoms with Crippen LogP contribution in [0, 0.1) is 0 Å². The minimum absolute atomic E-state index is 0.261. The first-order valence-corrected chi connectivity index (χ1v) is 5.82. The largest absolute Gasteiger partial charge is 0.465 e. The van der Waals surface area contributed by atoms with Gasteiger partial charge >= 0.3 is 5.97 Å². The standard InChI is InChI=1S/C11H13BrO4/c1-16-11(15)8-4-2-3-7(5-8)10(14)9(13)6-12/h2-5,9-10,13-14H,6H2,1H3. The highest BCUT2D eigenvalue weighted by molar-refractivity contribution is 9.09. The molecule has 0 fully saturated rings. The van der Waals surface area contributed by atoms with Crippen LogP contribution in [0.2, 0.25) is 0 Å². The molecule has 2 N–H and O–H groups in total. The molecule has 0 saturated carbocycles. The fourth-order valence-corrected chi connectivity index (χ4v) is 1.63. The summed E-state index contributed by atoms with van der Waals surface area (Å²) in [6.07, 6.45) is -1.93. The van der Waals surface area contributed by atoms with Crippen LogP contribution in [0.4, 0.5) is 0 Å². The van der Waals surface area contributed by atoms with E-state index in [0.717, 1.165) is 0 Å². The van der Waals surface area contributed by atoms with Gasteiger partial charge in [-0.25, -0.2) is 4.79 Å². The molecule has 0 spiro atoms. The zero-order valence-corrected chi connectivity index (χ0v) is 10.3. The van der Waals surface area contributed by atoms with Crippen molar-refractivity contribution in [2.24, 2.45) is 0 Å². The Hall–Kier alpha value is -0.910. The lowest BCUT2D eigenvalue weighted by molar-refractivity contribution is 0.0341. The van der Waals surface area contributed by atoms with E-state index >= 15 is 0 Å². The van der Waals surface area contributed by atoms with Gasteiger partial charge in [0.2, 0.25) is 0 Å². The third-order valence-electron chi connectivity index (χ3n) is 2.17. The van der Waals surface area contributed by atoms with E-state index in [1.165, 1.54) is 13.2 Å². The van der Waals surface area contributed by atoms with Gasteiger partial charge in [-0.3, -0.25) is 0 Å². The summed E-state index contributed by atoms with van der Waals surface area (Å²) in [6, 6.07) is 6.36. The molecule has 1 aromatic rings. The van der Waals surface area contributed by atoms with Crippen molar-refractivity contribution < 1.29 is 19.7 Å². The van der Waals surface area contributed by atoms with Crippen molar-refractivity contribution in [3.63, 3.8) is 0 Å². The Bertz CT molecular complexity index is 367. The normalized spacial score (nSPS) is 14.2. The number of alkyl halides is 1. The molecule has 4 nitrogen and oxygen atoms in total. The number of esters is 1. The lowest BCUT2D eigenvalue weighted by atomic mass is 10.0. The summed E-state index contributed by atoms with van der Waals surface area (Å²) in [7, 11) is 1.29. The Morgan fingerprint density at radius 1 is 1.50 bits per heavy atom. The third kappa shape index (κ3) is 3.04. The molecule has 2 atom stereocenters. The number of hydrogen-bond acceptors (Lipinski definition) is 4. The lowest BCUT2D eigenvalue weighted by Gasteiger charge is -2.16. The lowest BCUT2D eigenvalue weighted by Crippen LogP contribution is -2.19. The Balaban J connectivity index is 2.94. The van der Waals surface area contributed by atoms with E-state index in [4.69, 9.17) is 0 Å². The second kappa shape index (κ2) is 5.98. The van der Waals surface area contributed by atoms with Crippen LogP contribution >= 0.6 is 15.9 Å². The van der Waals surface area contributed by atoms with Crippen molar-refractivity contribution in [2.45, 2.75) is 12.2 Å². The molecular formula is C11H13BrO4. The number of aliphatic hydroxyl groups excluding tert-OH is 2. The highest BCUT2D eigenvalue weighted by Gasteiger charge is 2.18. The molecule has 1 rings (SSSR count). The van der Waals surface area contributed by atoms with Crippen LogP contribution in [0.3, 0.4) is 0 Å². The number of benzene rings is 1. The zero-order valence-electron chi connectivity index (χ0n) is 8.76. The summed E-state index contributed by atoms with van der Waals surface area (Å²) < 4.78 is 4.57. The highest BCUT2D eigenvalue weighted by Crippen LogP contribution is 2.19. The maximum absolute atomic E-state index is 11.3. The predicted molar refractivity (Wildman–Crippen MR) is 62.5 cm³/mol. The fourth-order valence-electron chi connectivity index (χ4n) is 1.27. The minimum Gasteiger partial charge on any atom is -0.465 e. The van der Waals surface area contributed by atoms with Gasteiger partial charge in [0.25, 0.3) is 0 Å². The van der Waals surface area contributed by atoms with Crippen LogP contribution in [0.1, 0.15) is 22.0 Å². The molecule has 0 aliphatic heterocycles. The Morgan fingerprint density at radius 2 is 2.19 bits per heavy atom. The first kappa shape index (κ1) is 13.2. The van der Waals surface area contributed by atoms with Crippen molar-refractivity contribution in [1.82, 2.24) is 0 Å². The highest BCUT2D eigenvalue weighted by atomic mass is 79.9. The minimum atomic E-state index is -1.02. The number of rotatable bonds is 4. The quantitative estimate of drug-likeness (QED) is 0.647. The van der Waals surface area contributed by atoms with Crippen LogP contribution in [-0.2, 0) is 4.74 Å². The Morgan fingerprint density at radius 3 is 2.75 bits per heavy atom. The topological polar surface area (TPSA) is 66.8 Å². The van der Waals surface area contributed by atoms with Gasteiger partial charge < -0.3 is 14.9 Å². The summed E-state index contributed by atoms with van der Waals surface area (Å²) in [5.74, 6) is -0.470. The first-order chi connectivity index (χ1) is 7.60. The zero-order chi connectivity index (χ0) is 12.1. The molecule has 0 aliphatic rings. The number of carbonyl (C=O) groups excluding carboxylic acids is 1. The van der Waals surface area contributed by atoms with Gasteiger partial charge in [0.15, 0.2) is 0 Å². The number of methoxy groups -OCH3 is 1. The summed E-state index contributed by atoms with van der Waals surface area (Å²) in [4.78, 5) is 11.3. The Kier molecular flexibility index (Phi) is 4.92. The first-order valence-electron chi connectivity index (χ1n) is 4.70. The number of halogens is 1. The molecule has 0 aromatic heterocycles. The van der Waals surface area contributed by atoms with E-state index in [2.05, 4.69) is 20.7 Å². The van der Waals surface area contributed by atoms with Crippen LogP contribution in [-0.4, -0.2) is 34.7 Å². The SMILES string of the molecule is COC(=O)c1cccc(C(O)C(O)CBr)c1. The number of ether oxygens (including phenoxy) is 1. The summed E-state index contributed by atoms with van der Waals surface area (Å²) in [5, 5.41) is 19.4. The molecule has 16 heavy (non-hydrogen) atoms. The second-order valence-corrected chi connectivity index (χ2v) is 3.93. The third-order valence-corrected chi connectivity index (χ3v) is 2.84. The molecular weight excluding hydrogens is 276 g/mol. The molecule has 88 valence electrons. The number of carbonyl (C=O) groups is 1. The number of aliphatic hydroxyl groups is 2. The molecule has 0 aliphatic carbocycles. The van der Waals surface area contributed by atoms with Crippen LogP contribution in [0.5, 0.6) is 0 Å². The Labute approximate surface area is 102 Å². The predicted octanol–water partition coefficient (Wildman–Crippen LogP) is 1.26. The molecule has 0 amide bonds. The van der Waals surface area contributed by atoms with Gasteiger partial charge in [0.05, 0.1) is 18.8 Å². The average molecular weight is 289 g/mol. The van der Waals surface area contributed by atoms with Crippen molar-refractivity contribution in [2.75, 3.05) is 12.4 Å². The van der Waals surface area contributed by atoms with Gasteiger partial charge in [-0.05, 0) is 17.7 Å². The van der Waals surface area contributed by atoms with E-state index in [1.807, 2.05) is 0 Å². The maximum atomic E-state index is 11.3. The van der Waals surface area contributed by atoms with E-state index in [9.17, 15) is 15.0 Å². The van der Waals surface area contributed by atoms with Gasteiger partial charge in [0, 0.05) is 5.33 Å². The molecule has 1 aromatic carbocycles. The van der Waals surface area contributed by atoms with Gasteiger partial charge in [0.1, 0.15) is 6.10 Å². The van der Waals surface area contributed by atoms with Gasteiger partial charge in [-0.2, -0.15) is 0 Å². The van der Waals surface area contributed by atoms with E-state index in [1.54, 1.807) is 18.2 Å². The summed E-state index contributed by atoms with van der Waals surface area (Å²) in [5.41, 5.74) is 0.829. The molecule has 2 unspecified atom stereocenters. The maximum Gasteiger partial charge on any atom is 0.337 e. The van der Waals surface area contributed by atoms with Crippen LogP contribution < -0.4 is 0 Å². The van der Waals surface area contributed by atoms with Gasteiger partial charge in [-0.15, -0.1) is 0 Å². The van der Waals surface area contributed by atoms with Crippen LogP contribution in [0.25, 0.3) is 0 Å². The fraction of sp³-hybridized carbons (Fsp3) is 0.364. The number of hydrogen-bond donors (Lipinski definition) is 2. The van der Waals surface area contributed by atoms with E-state index in [0.29, 0.717) is 11.1 Å². The van der Waals surface area contributed by atoms with Crippen molar-refractivity contribution in [3.8, 4) is 0 Å². The average Bonchev–Trinajstić information content (AvgIpc) is 2.36. The van der Waals surface area contributed by atoms with Crippen molar-refractivity contribution in [1.29, 1.82) is 0 Å². The molecule has 5 heteroatoms. The second-order valence-electron chi connectivity index (χ2n) is 3.28. The summed E-state index contributed by atoms with van der Waals surface area (Å²) >= 11 is 3.07. The van der Waals surface area contributed by atoms with Crippen LogP contribution in [0.15, 0.2) is 24.3 Å².